The van der Waals surface area contributed by atoms with Crippen LogP contribution < -0.4 is 5.32 Å². The zero-order valence-corrected chi connectivity index (χ0v) is 17.7. The Kier molecular flexibility index (Phi) is 5.92. The van der Waals surface area contributed by atoms with E-state index in [1.165, 1.54) is 11.8 Å². The molecule has 1 atom stereocenters. The molecule has 2 aromatic carbocycles. The number of aryl methyl sites for hydroxylation is 1. The first-order chi connectivity index (χ1) is 14.4. The van der Waals surface area contributed by atoms with Crippen LogP contribution in [0.3, 0.4) is 0 Å². The fourth-order valence-corrected chi connectivity index (χ4v) is 5.10. The Morgan fingerprint density at radius 3 is 2.87 bits per heavy atom. The molecule has 1 amide bonds. The van der Waals surface area contributed by atoms with Crippen molar-refractivity contribution in [2.45, 2.75) is 31.1 Å². The Bertz CT molecular complexity index is 1170. The average molecular weight is 445 g/mol. The number of carbonyl (C=O) groups excluding carboxylic acids is 1. The van der Waals surface area contributed by atoms with E-state index in [0.717, 1.165) is 24.8 Å². The molecule has 0 radical (unpaired) electrons. The van der Waals surface area contributed by atoms with Crippen LogP contribution in [0.25, 0.3) is 11.5 Å². The van der Waals surface area contributed by atoms with E-state index in [2.05, 4.69) is 10.3 Å². The molecule has 0 saturated carbocycles. The Hall–Kier alpha value is -2.64. The van der Waals surface area contributed by atoms with Gasteiger partial charge >= 0.3 is 0 Å². The maximum Gasteiger partial charge on any atom is 0.235 e. The maximum atomic E-state index is 12.5. The third-order valence-electron chi connectivity index (χ3n) is 5.05. The van der Waals surface area contributed by atoms with Crippen LogP contribution in [0.4, 0.5) is 0 Å². The molecule has 0 bridgehead atoms. The topological polar surface area (TPSA) is 89.3 Å². The minimum Gasteiger partial charge on any atom is -0.444 e. The number of carbonyl (C=O) groups is 1. The lowest BCUT2D eigenvalue weighted by Crippen LogP contribution is -2.35. The van der Waals surface area contributed by atoms with E-state index in [4.69, 9.17) is 16.0 Å². The SMILES string of the molecule is O=C(CS(=O)(=O)Cc1coc(-c2cccc(Cl)c2)n1)NC1CCCc2ccccc21. The first-order valence-electron chi connectivity index (χ1n) is 9.67. The van der Waals surface area contributed by atoms with Crippen LogP contribution in [0.15, 0.2) is 59.2 Å². The van der Waals surface area contributed by atoms with Gasteiger partial charge in [-0.25, -0.2) is 13.4 Å². The second kappa shape index (κ2) is 8.62. The monoisotopic (exact) mass is 444 g/mol. The van der Waals surface area contributed by atoms with Gasteiger partial charge in [-0.15, -0.1) is 0 Å². The quantitative estimate of drug-likeness (QED) is 0.618. The van der Waals surface area contributed by atoms with Gasteiger partial charge in [0.15, 0.2) is 9.84 Å². The highest BCUT2D eigenvalue weighted by Gasteiger charge is 2.25. The van der Waals surface area contributed by atoms with Crippen LogP contribution in [0.2, 0.25) is 5.02 Å². The molecule has 0 spiro atoms. The molecule has 30 heavy (non-hydrogen) atoms. The summed E-state index contributed by atoms with van der Waals surface area (Å²) in [6.07, 6.45) is 4.03. The number of aromatic nitrogens is 1. The van der Waals surface area contributed by atoms with Gasteiger partial charge < -0.3 is 9.73 Å². The molecule has 0 aliphatic heterocycles. The Morgan fingerprint density at radius 1 is 1.20 bits per heavy atom. The van der Waals surface area contributed by atoms with E-state index < -0.39 is 21.5 Å². The Balaban J connectivity index is 1.40. The van der Waals surface area contributed by atoms with Gasteiger partial charge in [0.1, 0.15) is 12.0 Å². The summed E-state index contributed by atoms with van der Waals surface area (Å²) in [5.41, 5.74) is 3.17. The molecule has 0 saturated heterocycles. The van der Waals surface area contributed by atoms with Gasteiger partial charge in [0.2, 0.25) is 11.8 Å². The fraction of sp³-hybridized carbons (Fsp3) is 0.273. The van der Waals surface area contributed by atoms with Crippen molar-refractivity contribution in [2.24, 2.45) is 0 Å². The normalized spacial score (nSPS) is 16.1. The molecule has 1 unspecified atom stereocenters. The first kappa shape index (κ1) is 20.6. The third kappa shape index (κ3) is 4.91. The number of nitrogens with one attached hydrogen (secondary N) is 1. The number of amides is 1. The lowest BCUT2D eigenvalue weighted by molar-refractivity contribution is -0.119. The summed E-state index contributed by atoms with van der Waals surface area (Å²) >= 11 is 5.97. The highest BCUT2D eigenvalue weighted by molar-refractivity contribution is 7.91. The zero-order valence-electron chi connectivity index (χ0n) is 16.2. The summed E-state index contributed by atoms with van der Waals surface area (Å²) in [5, 5.41) is 3.41. The predicted octanol–water partition coefficient (Wildman–Crippen LogP) is 4.10. The summed E-state index contributed by atoms with van der Waals surface area (Å²) in [6.45, 7) is 0. The summed E-state index contributed by atoms with van der Waals surface area (Å²) in [5.74, 6) is -1.18. The molecular weight excluding hydrogens is 424 g/mol. The van der Waals surface area contributed by atoms with Gasteiger partial charge in [-0.2, -0.15) is 0 Å². The zero-order chi connectivity index (χ0) is 21.1. The first-order valence-corrected chi connectivity index (χ1v) is 11.9. The highest BCUT2D eigenvalue weighted by Crippen LogP contribution is 2.29. The van der Waals surface area contributed by atoms with Crippen molar-refractivity contribution in [3.63, 3.8) is 0 Å². The van der Waals surface area contributed by atoms with Gasteiger partial charge in [0, 0.05) is 10.6 Å². The van der Waals surface area contributed by atoms with E-state index >= 15 is 0 Å². The highest BCUT2D eigenvalue weighted by atomic mass is 35.5. The van der Waals surface area contributed by atoms with Crippen LogP contribution in [-0.2, 0) is 26.8 Å². The number of fused-ring (bicyclic) bond motifs is 1. The van der Waals surface area contributed by atoms with Gasteiger partial charge in [-0.1, -0.05) is 41.9 Å². The van der Waals surface area contributed by atoms with E-state index in [0.29, 0.717) is 10.6 Å². The molecule has 1 aliphatic carbocycles. The van der Waals surface area contributed by atoms with Crippen LogP contribution in [0, 0.1) is 0 Å². The summed E-state index contributed by atoms with van der Waals surface area (Å²) in [7, 11) is -3.70. The fourth-order valence-electron chi connectivity index (χ4n) is 3.74. The van der Waals surface area contributed by atoms with E-state index in [1.54, 1.807) is 24.3 Å². The van der Waals surface area contributed by atoms with Crippen molar-refractivity contribution in [1.29, 1.82) is 0 Å². The summed E-state index contributed by atoms with van der Waals surface area (Å²) < 4.78 is 30.5. The Labute approximate surface area is 180 Å². The van der Waals surface area contributed by atoms with Crippen LogP contribution >= 0.6 is 11.6 Å². The number of oxazole rings is 1. The second-order valence-electron chi connectivity index (χ2n) is 7.40. The van der Waals surface area contributed by atoms with Crippen molar-refractivity contribution in [1.82, 2.24) is 10.3 Å². The molecule has 4 rings (SSSR count). The van der Waals surface area contributed by atoms with Crippen molar-refractivity contribution in [3.8, 4) is 11.5 Å². The lowest BCUT2D eigenvalue weighted by Gasteiger charge is -2.26. The number of sulfone groups is 1. The van der Waals surface area contributed by atoms with E-state index in [-0.39, 0.29) is 23.4 Å². The largest absolute Gasteiger partial charge is 0.444 e. The van der Waals surface area contributed by atoms with Crippen molar-refractivity contribution in [2.75, 3.05) is 5.75 Å². The molecule has 1 N–H and O–H groups in total. The van der Waals surface area contributed by atoms with Crippen molar-refractivity contribution in [3.05, 3.63) is 76.6 Å². The van der Waals surface area contributed by atoms with Gasteiger partial charge in [0.05, 0.1) is 17.5 Å². The van der Waals surface area contributed by atoms with Gasteiger partial charge in [0.25, 0.3) is 0 Å². The number of halogens is 1. The summed E-state index contributed by atoms with van der Waals surface area (Å²) in [4.78, 5) is 16.7. The number of benzene rings is 2. The molecule has 0 fully saturated rings. The minimum absolute atomic E-state index is 0.154. The molecule has 3 aromatic rings. The second-order valence-corrected chi connectivity index (χ2v) is 9.90. The molecule has 1 aliphatic rings. The number of nitrogens with zero attached hydrogens (tertiary/aromatic N) is 1. The van der Waals surface area contributed by atoms with Crippen LogP contribution in [-0.4, -0.2) is 25.1 Å². The van der Waals surface area contributed by atoms with Gasteiger partial charge in [-0.3, -0.25) is 4.79 Å². The molecule has 156 valence electrons. The predicted molar refractivity (Wildman–Crippen MR) is 115 cm³/mol. The van der Waals surface area contributed by atoms with Crippen LogP contribution in [0.5, 0.6) is 0 Å². The lowest BCUT2D eigenvalue weighted by atomic mass is 9.88. The van der Waals surface area contributed by atoms with Crippen LogP contribution in [0.1, 0.15) is 35.7 Å². The summed E-state index contributed by atoms with van der Waals surface area (Å²) in [6, 6.07) is 14.7. The molecule has 1 heterocycles. The van der Waals surface area contributed by atoms with Gasteiger partial charge in [-0.05, 0) is 48.6 Å². The average Bonchev–Trinajstić information content (AvgIpc) is 3.15. The van der Waals surface area contributed by atoms with E-state index in [9.17, 15) is 13.2 Å². The van der Waals surface area contributed by atoms with Crippen molar-refractivity contribution < 1.29 is 17.6 Å². The molecule has 8 heteroatoms. The Morgan fingerprint density at radius 2 is 2.03 bits per heavy atom. The van der Waals surface area contributed by atoms with E-state index in [1.807, 2.05) is 24.3 Å². The minimum atomic E-state index is -3.70. The molecular formula is C22H21ClN2O4S. The van der Waals surface area contributed by atoms with Crippen molar-refractivity contribution >= 4 is 27.3 Å². The third-order valence-corrected chi connectivity index (χ3v) is 6.72. The molecule has 6 nitrogen and oxygen atoms in total. The number of hydrogen-bond acceptors (Lipinski definition) is 5. The maximum absolute atomic E-state index is 12.5. The molecule has 1 aromatic heterocycles. The standard InChI is InChI=1S/C22H21ClN2O4S/c23-17-8-3-7-16(11-17)22-24-18(12-29-22)13-30(27,28)14-21(26)25-20-10-4-6-15-5-1-2-9-19(15)20/h1-3,5,7-9,11-12,20H,4,6,10,13-14H2,(H,25,26). The number of hydrogen-bond donors (Lipinski definition) is 1. The smallest absolute Gasteiger partial charge is 0.235 e. The number of rotatable bonds is 6.